The van der Waals surface area contributed by atoms with Gasteiger partial charge in [0.1, 0.15) is 11.5 Å². The van der Waals surface area contributed by atoms with Crippen LogP contribution in [0.2, 0.25) is 0 Å². The maximum atomic E-state index is 13.7. The van der Waals surface area contributed by atoms with Gasteiger partial charge in [0, 0.05) is 13.1 Å². The summed E-state index contributed by atoms with van der Waals surface area (Å²) in [4.78, 5) is 11.5. The van der Waals surface area contributed by atoms with E-state index < -0.39 is 33.6 Å². The van der Waals surface area contributed by atoms with Crippen LogP contribution in [0.25, 0.3) is 0 Å². The van der Waals surface area contributed by atoms with E-state index in [0.717, 1.165) is 11.1 Å². The summed E-state index contributed by atoms with van der Waals surface area (Å²) < 4.78 is 39.1. The number of hydrogen-bond acceptors (Lipinski definition) is 5. The zero-order chi connectivity index (χ0) is 23.7. The molecule has 32 heavy (non-hydrogen) atoms. The highest BCUT2D eigenvalue weighted by atomic mass is 32.2. The summed E-state index contributed by atoms with van der Waals surface area (Å²) in [6.07, 6.45) is 1.54. The maximum absolute atomic E-state index is 13.7. The Kier molecular flexibility index (Phi) is 9.28. The predicted octanol–water partition coefficient (Wildman–Crippen LogP) is 4.09. The van der Waals surface area contributed by atoms with Gasteiger partial charge in [-0.25, -0.2) is 8.42 Å². The SMILES string of the molecule is C=CCC(C)C(CC(=O)O)S(=O)(=O)N(Cc1ccc(OC)cc1)Cc1ccc(OC)cc1. The van der Waals surface area contributed by atoms with Gasteiger partial charge in [0.25, 0.3) is 0 Å². The molecule has 0 fully saturated rings. The lowest BCUT2D eigenvalue weighted by molar-refractivity contribution is -0.137. The van der Waals surface area contributed by atoms with E-state index in [9.17, 15) is 18.3 Å². The number of sulfonamides is 1. The topological polar surface area (TPSA) is 93.1 Å². The van der Waals surface area contributed by atoms with Gasteiger partial charge in [-0.1, -0.05) is 37.3 Å². The van der Waals surface area contributed by atoms with Gasteiger partial charge in [0.2, 0.25) is 10.0 Å². The van der Waals surface area contributed by atoms with Crippen LogP contribution in [0.5, 0.6) is 11.5 Å². The van der Waals surface area contributed by atoms with Crippen LogP contribution < -0.4 is 9.47 Å². The van der Waals surface area contributed by atoms with Crippen molar-refractivity contribution in [3.63, 3.8) is 0 Å². The predicted molar refractivity (Wildman–Crippen MR) is 124 cm³/mol. The molecule has 0 aliphatic rings. The molecular formula is C24H31NO6S. The van der Waals surface area contributed by atoms with Crippen LogP contribution in [0.1, 0.15) is 30.9 Å². The molecule has 0 spiro atoms. The minimum atomic E-state index is -3.97. The van der Waals surface area contributed by atoms with Crippen LogP contribution in [0.15, 0.2) is 61.2 Å². The molecule has 0 saturated heterocycles. The molecule has 0 aliphatic carbocycles. The summed E-state index contributed by atoms with van der Waals surface area (Å²) in [7, 11) is -0.840. The Morgan fingerprint density at radius 3 is 1.78 bits per heavy atom. The molecule has 0 aromatic heterocycles. The molecule has 2 rings (SSSR count). The van der Waals surface area contributed by atoms with Crippen molar-refractivity contribution in [1.82, 2.24) is 4.31 Å². The van der Waals surface area contributed by atoms with Gasteiger partial charge in [-0.15, -0.1) is 6.58 Å². The summed E-state index contributed by atoms with van der Waals surface area (Å²) >= 11 is 0. The molecule has 2 aromatic rings. The molecule has 0 bridgehead atoms. The van der Waals surface area contributed by atoms with Crippen molar-refractivity contribution in [3.05, 3.63) is 72.3 Å². The number of ether oxygens (including phenoxy) is 2. The first-order valence-electron chi connectivity index (χ1n) is 10.3. The highest BCUT2D eigenvalue weighted by Crippen LogP contribution is 2.27. The Morgan fingerprint density at radius 2 is 1.44 bits per heavy atom. The summed E-state index contributed by atoms with van der Waals surface area (Å²) in [6, 6.07) is 14.3. The number of hydrogen-bond donors (Lipinski definition) is 1. The minimum absolute atomic E-state index is 0.106. The number of methoxy groups -OCH3 is 2. The number of nitrogens with zero attached hydrogens (tertiary/aromatic N) is 1. The van der Waals surface area contributed by atoms with Crippen molar-refractivity contribution in [2.24, 2.45) is 5.92 Å². The van der Waals surface area contributed by atoms with Crippen LogP contribution in [-0.2, 0) is 27.9 Å². The third-order valence-electron chi connectivity index (χ3n) is 5.33. The molecule has 1 N–H and O–H groups in total. The molecule has 2 atom stereocenters. The largest absolute Gasteiger partial charge is 0.497 e. The Hall–Kier alpha value is -2.84. The van der Waals surface area contributed by atoms with Crippen LogP contribution >= 0.6 is 0 Å². The molecule has 8 heteroatoms. The highest BCUT2D eigenvalue weighted by molar-refractivity contribution is 7.89. The quantitative estimate of drug-likeness (QED) is 0.452. The van der Waals surface area contributed by atoms with Crippen molar-refractivity contribution in [2.75, 3.05) is 14.2 Å². The molecule has 2 unspecified atom stereocenters. The fraction of sp³-hybridized carbons (Fsp3) is 0.375. The van der Waals surface area contributed by atoms with Gasteiger partial charge >= 0.3 is 5.97 Å². The van der Waals surface area contributed by atoms with E-state index in [-0.39, 0.29) is 13.1 Å². The lowest BCUT2D eigenvalue weighted by Gasteiger charge is -2.30. The molecule has 7 nitrogen and oxygen atoms in total. The Bertz CT molecular complexity index is 937. The molecular weight excluding hydrogens is 430 g/mol. The molecule has 2 aromatic carbocycles. The highest BCUT2D eigenvalue weighted by Gasteiger charge is 2.37. The average molecular weight is 462 g/mol. The Morgan fingerprint density at radius 1 is 1.00 bits per heavy atom. The monoisotopic (exact) mass is 461 g/mol. The normalized spacial score (nSPS) is 13.4. The summed E-state index contributed by atoms with van der Waals surface area (Å²) in [5, 5.41) is 8.33. The number of carboxylic acid groups (broad SMARTS) is 1. The van der Waals surface area contributed by atoms with E-state index in [1.165, 1.54) is 4.31 Å². The molecule has 0 heterocycles. The molecule has 0 amide bonds. The first-order valence-corrected chi connectivity index (χ1v) is 11.8. The van der Waals surface area contributed by atoms with Crippen LogP contribution in [-0.4, -0.2) is 43.3 Å². The second-order valence-electron chi connectivity index (χ2n) is 7.65. The maximum Gasteiger partial charge on any atom is 0.304 e. The van der Waals surface area contributed by atoms with E-state index >= 15 is 0 Å². The van der Waals surface area contributed by atoms with Crippen LogP contribution in [0.3, 0.4) is 0 Å². The number of carboxylic acids is 1. The summed E-state index contributed by atoms with van der Waals surface area (Å²) in [5.41, 5.74) is 1.54. The second kappa shape index (κ2) is 11.7. The van der Waals surface area contributed by atoms with E-state index in [1.807, 2.05) is 0 Å². The number of rotatable bonds is 13. The van der Waals surface area contributed by atoms with Crippen LogP contribution in [0.4, 0.5) is 0 Å². The lowest BCUT2D eigenvalue weighted by atomic mass is 10.0. The Balaban J connectivity index is 2.43. The zero-order valence-electron chi connectivity index (χ0n) is 18.7. The van der Waals surface area contributed by atoms with E-state index in [0.29, 0.717) is 17.9 Å². The molecule has 0 aliphatic heterocycles. The van der Waals surface area contributed by atoms with Gasteiger partial charge in [0.05, 0.1) is 25.9 Å². The Labute approximate surface area is 190 Å². The number of allylic oxidation sites excluding steroid dienone is 1. The van der Waals surface area contributed by atoms with E-state index in [4.69, 9.17) is 9.47 Å². The first-order chi connectivity index (χ1) is 15.2. The zero-order valence-corrected chi connectivity index (χ0v) is 19.5. The van der Waals surface area contributed by atoms with Gasteiger partial charge in [-0.05, 0) is 47.7 Å². The van der Waals surface area contributed by atoms with Crippen molar-refractivity contribution in [3.8, 4) is 11.5 Å². The van der Waals surface area contributed by atoms with E-state index in [1.54, 1.807) is 75.8 Å². The van der Waals surface area contributed by atoms with Gasteiger partial charge in [-0.2, -0.15) is 4.31 Å². The number of carbonyl (C=O) groups is 1. The fourth-order valence-electron chi connectivity index (χ4n) is 3.48. The van der Waals surface area contributed by atoms with Crippen molar-refractivity contribution in [2.45, 2.75) is 38.1 Å². The lowest BCUT2D eigenvalue weighted by Crippen LogP contribution is -2.42. The number of aliphatic carboxylic acids is 1. The second-order valence-corrected chi connectivity index (χ2v) is 9.80. The third kappa shape index (κ3) is 6.83. The molecule has 0 radical (unpaired) electrons. The first kappa shape index (κ1) is 25.4. The van der Waals surface area contributed by atoms with Crippen molar-refractivity contribution >= 4 is 16.0 Å². The fourth-order valence-corrected chi connectivity index (χ4v) is 5.58. The van der Waals surface area contributed by atoms with Gasteiger partial charge in [-0.3, -0.25) is 4.79 Å². The van der Waals surface area contributed by atoms with Crippen molar-refractivity contribution in [1.29, 1.82) is 0 Å². The van der Waals surface area contributed by atoms with Crippen molar-refractivity contribution < 1.29 is 27.8 Å². The van der Waals surface area contributed by atoms with Gasteiger partial charge in [0.15, 0.2) is 0 Å². The summed E-state index contributed by atoms with van der Waals surface area (Å²) in [5.74, 6) is -0.213. The minimum Gasteiger partial charge on any atom is -0.497 e. The van der Waals surface area contributed by atoms with Gasteiger partial charge < -0.3 is 14.6 Å². The third-order valence-corrected chi connectivity index (χ3v) is 7.70. The smallest absolute Gasteiger partial charge is 0.304 e. The van der Waals surface area contributed by atoms with E-state index in [2.05, 4.69) is 6.58 Å². The van der Waals surface area contributed by atoms with Crippen LogP contribution in [0, 0.1) is 5.92 Å². The standard InChI is InChI=1S/C24H31NO6S/c1-5-6-18(2)23(15-24(26)27)32(28,29)25(16-19-7-11-21(30-3)12-8-19)17-20-9-13-22(31-4)14-10-20/h5,7-14,18,23H,1,6,15-17H2,2-4H3,(H,26,27). The average Bonchev–Trinajstić information content (AvgIpc) is 2.78. The molecule has 0 saturated carbocycles. The number of benzene rings is 2. The molecule has 174 valence electrons. The summed E-state index contributed by atoms with van der Waals surface area (Å²) in [6.45, 7) is 5.63.